The lowest BCUT2D eigenvalue weighted by Gasteiger charge is -2.16. The molecule has 0 saturated carbocycles. The zero-order valence-electron chi connectivity index (χ0n) is 11.2. The second-order valence-electron chi connectivity index (χ2n) is 4.72. The first-order valence-corrected chi connectivity index (χ1v) is 7.97. The third kappa shape index (κ3) is 2.92. The summed E-state index contributed by atoms with van der Waals surface area (Å²) < 4.78 is 14.4. The van der Waals surface area contributed by atoms with Crippen molar-refractivity contribution in [3.63, 3.8) is 0 Å². The van der Waals surface area contributed by atoms with Crippen LogP contribution in [0, 0.1) is 5.82 Å². The molecule has 0 aliphatic rings. The predicted molar refractivity (Wildman–Crippen MR) is 89.1 cm³/mol. The van der Waals surface area contributed by atoms with E-state index < -0.39 is 0 Å². The topological polar surface area (TPSA) is 12.0 Å². The number of rotatable bonds is 3. The van der Waals surface area contributed by atoms with Crippen LogP contribution in [0.3, 0.4) is 0 Å². The van der Waals surface area contributed by atoms with Gasteiger partial charge in [0.25, 0.3) is 0 Å². The van der Waals surface area contributed by atoms with E-state index in [4.69, 9.17) is 23.2 Å². The number of fused-ring (bicyclic) bond motifs is 1. The summed E-state index contributed by atoms with van der Waals surface area (Å²) in [6, 6.07) is 12.1. The summed E-state index contributed by atoms with van der Waals surface area (Å²) in [4.78, 5) is 1.07. The van der Waals surface area contributed by atoms with Gasteiger partial charge in [0.05, 0.1) is 6.04 Å². The smallest absolute Gasteiger partial charge is 0.123 e. The van der Waals surface area contributed by atoms with Crippen LogP contribution in [0.5, 0.6) is 0 Å². The Morgan fingerprint density at radius 2 is 1.90 bits per heavy atom. The molecule has 0 saturated heterocycles. The van der Waals surface area contributed by atoms with E-state index in [2.05, 4.69) is 5.32 Å². The van der Waals surface area contributed by atoms with Gasteiger partial charge in [-0.2, -0.15) is 0 Å². The zero-order valence-corrected chi connectivity index (χ0v) is 13.5. The van der Waals surface area contributed by atoms with Crippen molar-refractivity contribution in [2.75, 3.05) is 7.05 Å². The van der Waals surface area contributed by atoms with E-state index in [0.717, 1.165) is 20.5 Å². The van der Waals surface area contributed by atoms with E-state index in [0.29, 0.717) is 10.0 Å². The zero-order chi connectivity index (χ0) is 15.0. The van der Waals surface area contributed by atoms with Gasteiger partial charge >= 0.3 is 0 Å². The highest BCUT2D eigenvalue weighted by atomic mass is 35.5. The van der Waals surface area contributed by atoms with Crippen molar-refractivity contribution in [2.24, 2.45) is 0 Å². The standard InChI is InChI=1S/C16H12Cl2FNS/c1-20-16(12-8-10(17)2-4-13(12)18)15-7-9-6-11(19)3-5-14(9)21-15/h2-8,16,20H,1H3. The lowest BCUT2D eigenvalue weighted by molar-refractivity contribution is 0.630. The number of thiophene rings is 1. The monoisotopic (exact) mass is 339 g/mol. The van der Waals surface area contributed by atoms with Gasteiger partial charge in [-0.25, -0.2) is 4.39 Å². The normalized spacial score (nSPS) is 12.8. The summed E-state index contributed by atoms with van der Waals surface area (Å²) >= 11 is 14.0. The van der Waals surface area contributed by atoms with Crippen molar-refractivity contribution in [2.45, 2.75) is 6.04 Å². The van der Waals surface area contributed by atoms with Crippen molar-refractivity contribution in [1.29, 1.82) is 0 Å². The van der Waals surface area contributed by atoms with Gasteiger partial charge < -0.3 is 5.32 Å². The first-order chi connectivity index (χ1) is 10.1. The molecule has 1 nitrogen and oxygen atoms in total. The van der Waals surface area contributed by atoms with Crippen LogP contribution in [-0.4, -0.2) is 7.05 Å². The SMILES string of the molecule is CNC(c1cc2cc(F)ccc2s1)c1cc(Cl)ccc1Cl. The second-order valence-corrected chi connectivity index (χ2v) is 6.68. The molecule has 108 valence electrons. The molecule has 1 heterocycles. The van der Waals surface area contributed by atoms with Crippen LogP contribution in [-0.2, 0) is 0 Å². The summed E-state index contributed by atoms with van der Waals surface area (Å²) in [5.74, 6) is -0.228. The van der Waals surface area contributed by atoms with Crippen LogP contribution >= 0.6 is 34.5 Å². The third-order valence-electron chi connectivity index (χ3n) is 3.34. The Kier molecular flexibility index (Phi) is 4.18. The highest BCUT2D eigenvalue weighted by molar-refractivity contribution is 7.19. The van der Waals surface area contributed by atoms with Crippen molar-refractivity contribution in [3.8, 4) is 0 Å². The summed E-state index contributed by atoms with van der Waals surface area (Å²) in [5, 5.41) is 5.44. The van der Waals surface area contributed by atoms with Gasteiger partial charge in [-0.1, -0.05) is 23.2 Å². The Morgan fingerprint density at radius 3 is 2.67 bits per heavy atom. The Bertz CT molecular complexity index is 800. The molecule has 0 amide bonds. The van der Waals surface area contributed by atoms with E-state index in [9.17, 15) is 4.39 Å². The van der Waals surface area contributed by atoms with E-state index in [1.807, 2.05) is 19.2 Å². The summed E-state index contributed by atoms with van der Waals surface area (Å²) in [6.45, 7) is 0. The maximum Gasteiger partial charge on any atom is 0.123 e. The maximum atomic E-state index is 13.3. The van der Waals surface area contributed by atoms with Crippen molar-refractivity contribution in [1.82, 2.24) is 5.32 Å². The van der Waals surface area contributed by atoms with E-state index in [1.165, 1.54) is 6.07 Å². The highest BCUT2D eigenvalue weighted by Gasteiger charge is 2.18. The fraction of sp³-hybridized carbons (Fsp3) is 0.125. The lowest BCUT2D eigenvalue weighted by Crippen LogP contribution is -2.16. The molecule has 1 unspecified atom stereocenters. The third-order valence-corrected chi connectivity index (χ3v) is 5.10. The van der Waals surface area contributed by atoms with Crippen molar-refractivity contribution < 1.29 is 4.39 Å². The molecule has 0 spiro atoms. The van der Waals surface area contributed by atoms with Crippen LogP contribution < -0.4 is 5.32 Å². The number of nitrogens with one attached hydrogen (secondary N) is 1. The van der Waals surface area contributed by atoms with Gasteiger partial charge in [-0.3, -0.25) is 0 Å². The Hall–Kier alpha value is -1.13. The first kappa shape index (κ1) is 14.8. The molecule has 1 aromatic heterocycles. The Labute approximate surface area is 136 Å². The largest absolute Gasteiger partial charge is 0.309 e. The molecule has 0 fully saturated rings. The quantitative estimate of drug-likeness (QED) is 0.649. The van der Waals surface area contributed by atoms with Gasteiger partial charge in [-0.15, -0.1) is 11.3 Å². The molecule has 0 radical (unpaired) electrons. The minimum Gasteiger partial charge on any atom is -0.309 e. The van der Waals surface area contributed by atoms with Crippen molar-refractivity contribution >= 4 is 44.6 Å². The van der Waals surface area contributed by atoms with Gasteiger partial charge in [-0.05, 0) is 60.5 Å². The molecule has 0 aliphatic carbocycles. The summed E-state index contributed by atoms with van der Waals surface area (Å²) in [6.07, 6.45) is 0. The Morgan fingerprint density at radius 1 is 1.10 bits per heavy atom. The van der Waals surface area contributed by atoms with Gasteiger partial charge in [0.1, 0.15) is 5.82 Å². The molecule has 1 N–H and O–H groups in total. The molecule has 0 bridgehead atoms. The fourth-order valence-electron chi connectivity index (χ4n) is 2.36. The minimum atomic E-state index is -0.228. The maximum absolute atomic E-state index is 13.3. The molecule has 5 heteroatoms. The average molecular weight is 340 g/mol. The fourth-order valence-corrected chi connectivity index (χ4v) is 3.95. The van der Waals surface area contributed by atoms with Gasteiger partial charge in [0, 0.05) is 19.6 Å². The Balaban J connectivity index is 2.11. The lowest BCUT2D eigenvalue weighted by atomic mass is 10.0. The first-order valence-electron chi connectivity index (χ1n) is 6.39. The molecule has 21 heavy (non-hydrogen) atoms. The molecule has 3 aromatic rings. The van der Waals surface area contributed by atoms with Crippen LogP contribution in [0.15, 0.2) is 42.5 Å². The number of benzene rings is 2. The molecule has 1 atom stereocenters. The van der Waals surface area contributed by atoms with E-state index in [-0.39, 0.29) is 11.9 Å². The summed E-state index contributed by atoms with van der Waals surface area (Å²) in [7, 11) is 1.87. The average Bonchev–Trinajstić information content (AvgIpc) is 2.86. The van der Waals surface area contributed by atoms with Gasteiger partial charge in [0.2, 0.25) is 0 Å². The van der Waals surface area contributed by atoms with Crippen LogP contribution in [0.25, 0.3) is 10.1 Å². The summed E-state index contributed by atoms with van der Waals surface area (Å²) in [5.41, 5.74) is 0.915. The van der Waals surface area contributed by atoms with Gasteiger partial charge in [0.15, 0.2) is 0 Å². The van der Waals surface area contributed by atoms with E-state index in [1.54, 1.807) is 35.6 Å². The van der Waals surface area contributed by atoms with Crippen molar-refractivity contribution in [3.05, 3.63) is 68.8 Å². The number of hydrogen-bond donors (Lipinski definition) is 1. The van der Waals surface area contributed by atoms with E-state index >= 15 is 0 Å². The molecular formula is C16H12Cl2FNS. The second kappa shape index (κ2) is 5.93. The predicted octanol–water partition coefficient (Wildman–Crippen LogP) is 5.66. The van der Waals surface area contributed by atoms with Crippen LogP contribution in [0.4, 0.5) is 4.39 Å². The molecule has 2 aromatic carbocycles. The molecular weight excluding hydrogens is 328 g/mol. The molecule has 0 aliphatic heterocycles. The number of halogens is 3. The number of hydrogen-bond acceptors (Lipinski definition) is 2. The van der Waals surface area contributed by atoms with Crippen LogP contribution in [0.2, 0.25) is 10.0 Å². The minimum absolute atomic E-state index is 0.0725. The van der Waals surface area contributed by atoms with Crippen LogP contribution in [0.1, 0.15) is 16.5 Å². The highest BCUT2D eigenvalue weighted by Crippen LogP contribution is 2.36. The molecule has 3 rings (SSSR count).